The minimum absolute atomic E-state index is 0.188. The van der Waals surface area contributed by atoms with Crippen molar-refractivity contribution in [2.75, 3.05) is 19.4 Å². The van der Waals surface area contributed by atoms with Gasteiger partial charge in [0, 0.05) is 5.56 Å². The number of para-hydroxylation sites is 1. The monoisotopic (exact) mass is 283 g/mol. The Morgan fingerprint density at radius 1 is 1.37 bits per heavy atom. The number of fused-ring (bicyclic) bond motifs is 1. The molecule has 0 saturated heterocycles. The van der Waals surface area contributed by atoms with Crippen molar-refractivity contribution in [2.45, 2.75) is 31.1 Å². The van der Waals surface area contributed by atoms with Crippen LogP contribution in [0.4, 0.5) is 0 Å². The van der Waals surface area contributed by atoms with Crippen molar-refractivity contribution < 1.29 is 13.2 Å². The van der Waals surface area contributed by atoms with Crippen molar-refractivity contribution in [1.29, 1.82) is 0 Å². The van der Waals surface area contributed by atoms with E-state index in [1.807, 2.05) is 31.2 Å². The first kappa shape index (κ1) is 14.3. The van der Waals surface area contributed by atoms with Gasteiger partial charge in [0.05, 0.1) is 11.8 Å². The van der Waals surface area contributed by atoms with E-state index in [-0.39, 0.29) is 18.4 Å². The summed E-state index contributed by atoms with van der Waals surface area (Å²) in [6, 6.07) is 7.43. The van der Waals surface area contributed by atoms with E-state index in [1.165, 1.54) is 0 Å². The molecule has 2 unspecified atom stereocenters. The van der Waals surface area contributed by atoms with E-state index in [0.717, 1.165) is 17.7 Å². The fourth-order valence-electron chi connectivity index (χ4n) is 2.49. The van der Waals surface area contributed by atoms with Gasteiger partial charge in [-0.15, -0.1) is 0 Å². The average molecular weight is 283 g/mol. The van der Waals surface area contributed by atoms with Gasteiger partial charge in [0.2, 0.25) is 0 Å². The number of rotatable bonds is 5. The minimum atomic E-state index is -3.14. The van der Waals surface area contributed by atoms with Crippen molar-refractivity contribution in [1.82, 2.24) is 5.32 Å². The van der Waals surface area contributed by atoms with Gasteiger partial charge in [-0.05, 0) is 19.5 Å². The summed E-state index contributed by atoms with van der Waals surface area (Å²) in [6.07, 6.45) is 1.59. The molecule has 0 aromatic heterocycles. The first-order valence-corrected chi connectivity index (χ1v) is 8.42. The molecule has 1 aliphatic rings. The number of ether oxygens (including phenoxy) is 1. The Hall–Kier alpha value is -1.07. The topological polar surface area (TPSA) is 55.4 Å². The SMILES string of the molecule is CCCCS(=O)(=O)C1COc2ccccc2C1NC. The van der Waals surface area contributed by atoms with Gasteiger partial charge >= 0.3 is 0 Å². The Balaban J connectivity index is 2.29. The molecule has 1 heterocycles. The molecule has 1 aliphatic heterocycles. The van der Waals surface area contributed by atoms with Crippen molar-refractivity contribution in [3.05, 3.63) is 29.8 Å². The highest BCUT2D eigenvalue weighted by molar-refractivity contribution is 7.92. The molecular weight excluding hydrogens is 262 g/mol. The van der Waals surface area contributed by atoms with Crippen molar-refractivity contribution in [2.24, 2.45) is 0 Å². The molecule has 1 aromatic carbocycles. The van der Waals surface area contributed by atoms with Crippen molar-refractivity contribution in [3.8, 4) is 5.75 Å². The molecule has 2 atom stereocenters. The zero-order valence-corrected chi connectivity index (χ0v) is 12.2. The molecule has 19 heavy (non-hydrogen) atoms. The largest absolute Gasteiger partial charge is 0.492 e. The third-order valence-electron chi connectivity index (χ3n) is 3.58. The predicted molar refractivity (Wildman–Crippen MR) is 76.2 cm³/mol. The summed E-state index contributed by atoms with van der Waals surface area (Å²) in [6.45, 7) is 2.23. The van der Waals surface area contributed by atoms with Crippen LogP contribution in [0.3, 0.4) is 0 Å². The number of hydrogen-bond donors (Lipinski definition) is 1. The smallest absolute Gasteiger partial charge is 0.158 e. The highest BCUT2D eigenvalue weighted by atomic mass is 32.2. The van der Waals surface area contributed by atoms with Crippen molar-refractivity contribution in [3.63, 3.8) is 0 Å². The summed E-state index contributed by atoms with van der Waals surface area (Å²) in [4.78, 5) is 0. The van der Waals surface area contributed by atoms with Crippen LogP contribution in [0.2, 0.25) is 0 Å². The van der Waals surface area contributed by atoms with E-state index in [0.29, 0.717) is 6.42 Å². The highest BCUT2D eigenvalue weighted by Gasteiger charge is 2.38. The summed E-state index contributed by atoms with van der Waals surface area (Å²) in [5, 5.41) is 2.63. The minimum Gasteiger partial charge on any atom is -0.492 e. The van der Waals surface area contributed by atoms with Crippen LogP contribution >= 0.6 is 0 Å². The molecule has 1 N–H and O–H groups in total. The van der Waals surface area contributed by atoms with E-state index in [1.54, 1.807) is 7.05 Å². The summed E-state index contributed by atoms with van der Waals surface area (Å²) in [5.41, 5.74) is 0.932. The Morgan fingerprint density at radius 2 is 2.11 bits per heavy atom. The zero-order chi connectivity index (χ0) is 13.9. The molecule has 0 radical (unpaired) electrons. The number of unbranched alkanes of at least 4 members (excludes halogenated alkanes) is 1. The van der Waals surface area contributed by atoms with Crippen LogP contribution in [0.1, 0.15) is 31.4 Å². The molecule has 4 nitrogen and oxygen atoms in total. The Morgan fingerprint density at radius 3 is 2.79 bits per heavy atom. The second kappa shape index (κ2) is 5.92. The third-order valence-corrected chi connectivity index (χ3v) is 5.77. The average Bonchev–Trinajstić information content (AvgIpc) is 2.43. The van der Waals surface area contributed by atoms with Crippen LogP contribution in [-0.4, -0.2) is 33.1 Å². The lowest BCUT2D eigenvalue weighted by molar-refractivity contribution is 0.259. The van der Waals surface area contributed by atoms with E-state index >= 15 is 0 Å². The molecule has 0 spiro atoms. The normalized spacial score (nSPS) is 22.6. The molecule has 1 aromatic rings. The molecule has 0 bridgehead atoms. The maximum Gasteiger partial charge on any atom is 0.158 e. The van der Waals surface area contributed by atoms with Gasteiger partial charge in [0.15, 0.2) is 9.84 Å². The van der Waals surface area contributed by atoms with Crippen LogP contribution in [0.15, 0.2) is 24.3 Å². The van der Waals surface area contributed by atoms with E-state index in [9.17, 15) is 8.42 Å². The fraction of sp³-hybridized carbons (Fsp3) is 0.571. The van der Waals surface area contributed by atoms with Crippen LogP contribution in [-0.2, 0) is 9.84 Å². The summed E-state index contributed by atoms with van der Waals surface area (Å²) >= 11 is 0. The lowest BCUT2D eigenvalue weighted by Crippen LogP contribution is -2.43. The molecule has 5 heteroatoms. The number of benzene rings is 1. The summed E-state index contributed by atoms with van der Waals surface area (Å²) in [7, 11) is -1.34. The predicted octanol–water partition coefficient (Wildman–Crippen LogP) is 1.92. The lowest BCUT2D eigenvalue weighted by Gasteiger charge is -2.33. The highest BCUT2D eigenvalue weighted by Crippen LogP contribution is 2.34. The van der Waals surface area contributed by atoms with Gasteiger partial charge in [-0.3, -0.25) is 0 Å². The van der Waals surface area contributed by atoms with E-state index in [4.69, 9.17) is 4.74 Å². The molecule has 106 valence electrons. The number of nitrogens with one attached hydrogen (secondary N) is 1. The Kier molecular flexibility index (Phi) is 4.47. The van der Waals surface area contributed by atoms with Crippen LogP contribution in [0.25, 0.3) is 0 Å². The van der Waals surface area contributed by atoms with Crippen molar-refractivity contribution >= 4 is 9.84 Å². The van der Waals surface area contributed by atoms with Crippen LogP contribution in [0, 0.1) is 0 Å². The lowest BCUT2D eigenvalue weighted by atomic mass is 10.0. The van der Waals surface area contributed by atoms with Gasteiger partial charge in [-0.25, -0.2) is 8.42 Å². The van der Waals surface area contributed by atoms with Crippen LogP contribution < -0.4 is 10.1 Å². The van der Waals surface area contributed by atoms with Gasteiger partial charge in [-0.1, -0.05) is 31.5 Å². The van der Waals surface area contributed by atoms with Gasteiger partial charge in [0.1, 0.15) is 17.6 Å². The zero-order valence-electron chi connectivity index (χ0n) is 11.4. The first-order chi connectivity index (χ1) is 9.10. The van der Waals surface area contributed by atoms with Crippen LogP contribution in [0.5, 0.6) is 5.75 Å². The Bertz CT molecular complexity index is 527. The fourth-order valence-corrected chi connectivity index (χ4v) is 4.45. The molecule has 0 aliphatic carbocycles. The quantitative estimate of drug-likeness (QED) is 0.897. The maximum atomic E-state index is 12.4. The first-order valence-electron chi connectivity index (χ1n) is 6.70. The molecular formula is C14H21NO3S. The second-order valence-electron chi connectivity index (χ2n) is 4.87. The Labute approximate surface area is 115 Å². The van der Waals surface area contributed by atoms with Gasteiger partial charge < -0.3 is 10.1 Å². The van der Waals surface area contributed by atoms with E-state index < -0.39 is 15.1 Å². The maximum absolute atomic E-state index is 12.4. The van der Waals surface area contributed by atoms with E-state index in [2.05, 4.69) is 5.32 Å². The molecule has 0 amide bonds. The molecule has 2 rings (SSSR count). The summed E-state index contributed by atoms with van der Waals surface area (Å²) in [5.74, 6) is 1.02. The number of hydrogen-bond acceptors (Lipinski definition) is 4. The second-order valence-corrected chi connectivity index (χ2v) is 7.21. The van der Waals surface area contributed by atoms with Gasteiger partial charge in [0.25, 0.3) is 0 Å². The third kappa shape index (κ3) is 2.92. The molecule has 0 fully saturated rings. The molecule has 0 saturated carbocycles. The van der Waals surface area contributed by atoms with Gasteiger partial charge in [-0.2, -0.15) is 0 Å². The standard InChI is InChI=1S/C14H21NO3S/c1-3-4-9-19(16,17)13-10-18-12-8-6-5-7-11(12)14(13)15-2/h5-8,13-15H,3-4,9-10H2,1-2H3. The summed E-state index contributed by atoms with van der Waals surface area (Å²) < 4.78 is 30.4. The number of sulfone groups is 1.